The zero-order valence-electron chi connectivity index (χ0n) is 18.6. The van der Waals surface area contributed by atoms with Crippen LogP contribution in [0.25, 0.3) is 0 Å². The molecule has 2 nitrogen and oxygen atoms in total. The van der Waals surface area contributed by atoms with Crippen LogP contribution in [0.3, 0.4) is 0 Å². The Bertz CT molecular complexity index is 890. The molecule has 0 fully saturated rings. The van der Waals surface area contributed by atoms with Gasteiger partial charge in [-0.2, -0.15) is 0 Å². The first-order valence-electron chi connectivity index (χ1n) is 11.2. The molecule has 4 heteroatoms. The van der Waals surface area contributed by atoms with Crippen LogP contribution in [-0.2, 0) is 12.8 Å². The summed E-state index contributed by atoms with van der Waals surface area (Å²) in [7, 11) is 0. The van der Waals surface area contributed by atoms with Crippen molar-refractivity contribution in [3.63, 3.8) is 0 Å². The van der Waals surface area contributed by atoms with Gasteiger partial charge in [0.15, 0.2) is 0 Å². The molecule has 0 radical (unpaired) electrons. The van der Waals surface area contributed by atoms with Gasteiger partial charge in [0.05, 0.1) is 0 Å². The molecule has 0 bridgehead atoms. The monoisotopic (exact) mass is 444 g/mol. The standard InChI is InChI=1S/C24H28Cl2N2.C2H6/c1-16-15-28(19-11-10-18-6-5-9-23(26)21(18)14-19)13-12-24(16)27-17(2)20-7-3-4-8-22(20)25;1-2/h3-9,17,19,27H,10-15H2,1-2H3;1-2H3. The lowest BCUT2D eigenvalue weighted by molar-refractivity contribution is 0.185. The summed E-state index contributed by atoms with van der Waals surface area (Å²) >= 11 is 12.9. The molecule has 2 aliphatic rings. The molecular formula is C26H34Cl2N2. The molecule has 0 aromatic heterocycles. The minimum Gasteiger partial charge on any atom is -0.382 e. The zero-order valence-corrected chi connectivity index (χ0v) is 20.2. The molecule has 2 aromatic carbocycles. The van der Waals surface area contributed by atoms with Gasteiger partial charge in [0.1, 0.15) is 0 Å². The maximum Gasteiger partial charge on any atom is 0.0497 e. The number of hydrogen-bond acceptors (Lipinski definition) is 2. The maximum absolute atomic E-state index is 6.48. The van der Waals surface area contributed by atoms with Crippen molar-refractivity contribution in [3.05, 3.63) is 80.5 Å². The maximum atomic E-state index is 6.48. The van der Waals surface area contributed by atoms with E-state index < -0.39 is 0 Å². The SMILES string of the molecule is CC.CC1=C(NC(C)c2ccccc2Cl)CCN(C2CCc3cccc(Cl)c3C2)C1. The lowest BCUT2D eigenvalue weighted by Crippen LogP contribution is -2.44. The molecule has 2 unspecified atom stereocenters. The Balaban J connectivity index is 0.00000124. The first-order valence-corrected chi connectivity index (χ1v) is 12.0. The third-order valence-electron chi connectivity index (χ3n) is 6.29. The summed E-state index contributed by atoms with van der Waals surface area (Å²) in [5, 5.41) is 5.48. The Morgan fingerprint density at radius 3 is 2.47 bits per heavy atom. The highest BCUT2D eigenvalue weighted by atomic mass is 35.5. The Morgan fingerprint density at radius 1 is 1.00 bits per heavy atom. The van der Waals surface area contributed by atoms with E-state index in [0.717, 1.165) is 48.0 Å². The summed E-state index contributed by atoms with van der Waals surface area (Å²) in [6.07, 6.45) is 4.49. The molecule has 1 aliphatic carbocycles. The largest absolute Gasteiger partial charge is 0.382 e. The third-order valence-corrected chi connectivity index (χ3v) is 6.98. The molecule has 30 heavy (non-hydrogen) atoms. The molecular weight excluding hydrogens is 411 g/mol. The second-order valence-electron chi connectivity index (χ2n) is 8.14. The van der Waals surface area contributed by atoms with Gasteiger partial charge in [-0.3, -0.25) is 4.90 Å². The van der Waals surface area contributed by atoms with Crippen LogP contribution in [0.1, 0.15) is 63.3 Å². The van der Waals surface area contributed by atoms with Crippen LogP contribution in [-0.4, -0.2) is 24.0 Å². The van der Waals surface area contributed by atoms with Gasteiger partial charge in [-0.25, -0.2) is 0 Å². The lowest BCUT2D eigenvalue weighted by Gasteiger charge is -2.39. The Labute approximate surface area is 192 Å². The quantitative estimate of drug-likeness (QED) is 0.535. The van der Waals surface area contributed by atoms with E-state index in [1.54, 1.807) is 0 Å². The molecule has 0 saturated heterocycles. The fraction of sp³-hybridized carbons (Fsp3) is 0.462. The molecule has 1 N–H and O–H groups in total. The molecule has 2 atom stereocenters. The third kappa shape index (κ3) is 5.22. The second-order valence-corrected chi connectivity index (χ2v) is 8.96. The Kier molecular flexibility index (Phi) is 8.27. The second kappa shape index (κ2) is 10.7. The highest BCUT2D eigenvalue weighted by molar-refractivity contribution is 6.31. The van der Waals surface area contributed by atoms with Crippen LogP contribution < -0.4 is 5.32 Å². The summed E-state index contributed by atoms with van der Waals surface area (Å²) in [6, 6.07) is 15.2. The minimum atomic E-state index is 0.213. The highest BCUT2D eigenvalue weighted by Crippen LogP contribution is 2.32. The molecule has 1 heterocycles. The van der Waals surface area contributed by atoms with Crippen molar-refractivity contribution in [2.24, 2.45) is 0 Å². The predicted molar refractivity (Wildman–Crippen MR) is 131 cm³/mol. The van der Waals surface area contributed by atoms with E-state index in [-0.39, 0.29) is 6.04 Å². The van der Waals surface area contributed by atoms with Gasteiger partial charge in [-0.05, 0) is 73.9 Å². The zero-order chi connectivity index (χ0) is 21.7. The fourth-order valence-corrected chi connectivity index (χ4v) is 5.23. The van der Waals surface area contributed by atoms with Gasteiger partial charge in [-0.15, -0.1) is 0 Å². The van der Waals surface area contributed by atoms with Crippen molar-refractivity contribution >= 4 is 23.2 Å². The first kappa shape index (κ1) is 23.2. The summed E-state index contributed by atoms with van der Waals surface area (Å²) in [4.78, 5) is 2.65. The van der Waals surface area contributed by atoms with Crippen LogP contribution >= 0.6 is 23.2 Å². The highest BCUT2D eigenvalue weighted by Gasteiger charge is 2.28. The van der Waals surface area contributed by atoms with Gasteiger partial charge >= 0.3 is 0 Å². The van der Waals surface area contributed by atoms with Crippen LogP contribution in [0, 0.1) is 0 Å². The summed E-state index contributed by atoms with van der Waals surface area (Å²) < 4.78 is 0. The van der Waals surface area contributed by atoms with Crippen molar-refractivity contribution in [1.29, 1.82) is 0 Å². The molecule has 162 valence electrons. The smallest absolute Gasteiger partial charge is 0.0497 e. The number of hydrogen-bond donors (Lipinski definition) is 1. The van der Waals surface area contributed by atoms with Gasteiger partial charge in [0.25, 0.3) is 0 Å². The van der Waals surface area contributed by atoms with Crippen LogP contribution in [0.4, 0.5) is 0 Å². The van der Waals surface area contributed by atoms with Crippen molar-refractivity contribution in [3.8, 4) is 0 Å². The molecule has 0 spiro atoms. The van der Waals surface area contributed by atoms with Crippen molar-refractivity contribution in [1.82, 2.24) is 10.2 Å². The first-order chi connectivity index (χ1) is 14.5. The van der Waals surface area contributed by atoms with Gasteiger partial charge in [0, 0.05) is 40.9 Å². The molecule has 1 aliphatic heterocycles. The number of nitrogens with zero attached hydrogens (tertiary/aromatic N) is 1. The summed E-state index contributed by atoms with van der Waals surface area (Å²) in [5.41, 5.74) is 6.76. The fourth-order valence-electron chi connectivity index (χ4n) is 4.66. The van der Waals surface area contributed by atoms with Gasteiger partial charge in [0.2, 0.25) is 0 Å². The number of halogens is 2. The van der Waals surface area contributed by atoms with E-state index in [9.17, 15) is 0 Å². The van der Waals surface area contributed by atoms with Crippen molar-refractivity contribution in [2.75, 3.05) is 13.1 Å². The number of benzene rings is 2. The van der Waals surface area contributed by atoms with E-state index in [4.69, 9.17) is 23.2 Å². The van der Waals surface area contributed by atoms with Crippen molar-refractivity contribution in [2.45, 2.75) is 65.5 Å². The topological polar surface area (TPSA) is 15.3 Å². The van der Waals surface area contributed by atoms with Crippen molar-refractivity contribution < 1.29 is 0 Å². The Hall–Kier alpha value is -1.48. The number of rotatable bonds is 4. The van der Waals surface area contributed by atoms with E-state index in [1.807, 2.05) is 32.0 Å². The van der Waals surface area contributed by atoms with E-state index in [0.29, 0.717) is 6.04 Å². The number of aryl methyl sites for hydroxylation is 1. The molecule has 2 aromatic rings. The van der Waals surface area contributed by atoms with Crippen LogP contribution in [0.15, 0.2) is 53.7 Å². The summed E-state index contributed by atoms with van der Waals surface area (Å²) in [5.74, 6) is 0. The van der Waals surface area contributed by atoms with Crippen LogP contribution in [0.5, 0.6) is 0 Å². The Morgan fingerprint density at radius 2 is 1.73 bits per heavy atom. The van der Waals surface area contributed by atoms with E-state index in [2.05, 4.69) is 48.3 Å². The van der Waals surface area contributed by atoms with E-state index in [1.165, 1.54) is 28.8 Å². The van der Waals surface area contributed by atoms with E-state index >= 15 is 0 Å². The number of fused-ring (bicyclic) bond motifs is 1. The van der Waals surface area contributed by atoms with Gasteiger partial charge in [-0.1, -0.05) is 67.4 Å². The van der Waals surface area contributed by atoms with Crippen LogP contribution in [0.2, 0.25) is 10.0 Å². The average Bonchev–Trinajstić information content (AvgIpc) is 2.77. The normalized spacial score (nSPS) is 20.1. The van der Waals surface area contributed by atoms with Gasteiger partial charge < -0.3 is 5.32 Å². The average molecular weight is 445 g/mol. The lowest BCUT2D eigenvalue weighted by atomic mass is 9.86. The number of nitrogens with one attached hydrogen (secondary N) is 1. The molecule has 0 saturated carbocycles. The minimum absolute atomic E-state index is 0.213. The summed E-state index contributed by atoms with van der Waals surface area (Å²) in [6.45, 7) is 10.6. The molecule has 0 amide bonds. The molecule has 4 rings (SSSR count). The predicted octanol–water partition coefficient (Wildman–Crippen LogP) is 7.21.